The minimum Gasteiger partial charge on any atom is -0.308 e. The van der Waals surface area contributed by atoms with Crippen LogP contribution in [0.5, 0.6) is 0 Å². The molecule has 0 atom stereocenters. The maximum Gasteiger partial charge on any atom is 0.295 e. The highest BCUT2D eigenvalue weighted by molar-refractivity contribution is 4.54. The highest BCUT2D eigenvalue weighted by atomic mass is 17.0. The van der Waals surface area contributed by atoms with Crippen LogP contribution in [0.4, 0.5) is 0 Å². The topological polar surface area (TPSA) is 105 Å². The summed E-state index contributed by atoms with van der Waals surface area (Å²) in [6.45, 7) is 9.72. The SMILES string of the molecule is CC(C)(C)O[N+](=O)[O-].CC(C)(C)O[N+](=O)[O-]. The molecule has 8 heteroatoms. The quantitative estimate of drug-likeness (QED) is 0.538. The summed E-state index contributed by atoms with van der Waals surface area (Å²) in [5.41, 5.74) is -1.35. The van der Waals surface area contributed by atoms with E-state index in [0.717, 1.165) is 0 Å². The molecule has 0 fully saturated rings. The predicted octanol–water partition coefficient (Wildman–Crippen LogP) is 1.99. The molecule has 0 saturated carbocycles. The minimum absolute atomic E-state index is 0.677. The van der Waals surface area contributed by atoms with Crippen LogP contribution in [0.15, 0.2) is 0 Å². The van der Waals surface area contributed by atoms with Gasteiger partial charge >= 0.3 is 0 Å². The zero-order valence-electron chi connectivity index (χ0n) is 10.3. The Morgan fingerprint density at radius 1 is 0.750 bits per heavy atom. The summed E-state index contributed by atoms with van der Waals surface area (Å²) in [5.74, 6) is 0. The van der Waals surface area contributed by atoms with Gasteiger partial charge in [-0.05, 0) is 41.5 Å². The maximum absolute atomic E-state index is 9.60. The van der Waals surface area contributed by atoms with E-state index in [1.54, 1.807) is 41.5 Å². The van der Waals surface area contributed by atoms with Crippen molar-refractivity contribution in [1.29, 1.82) is 0 Å². The van der Waals surface area contributed by atoms with Gasteiger partial charge in [-0.25, -0.2) is 0 Å². The van der Waals surface area contributed by atoms with E-state index in [1.807, 2.05) is 0 Å². The molecule has 0 unspecified atom stereocenters. The first kappa shape index (κ1) is 16.8. The van der Waals surface area contributed by atoms with Gasteiger partial charge in [0.25, 0.3) is 10.2 Å². The Kier molecular flexibility index (Phi) is 6.40. The van der Waals surface area contributed by atoms with Gasteiger partial charge in [-0.2, -0.15) is 0 Å². The molecule has 96 valence electrons. The fourth-order valence-electron chi connectivity index (χ4n) is 0.447. The Hall–Kier alpha value is -1.60. The van der Waals surface area contributed by atoms with Gasteiger partial charge in [0.1, 0.15) is 11.2 Å². The summed E-state index contributed by atoms with van der Waals surface area (Å²) >= 11 is 0. The number of hydrogen-bond donors (Lipinski definition) is 0. The molecule has 16 heavy (non-hydrogen) atoms. The monoisotopic (exact) mass is 238 g/mol. The van der Waals surface area contributed by atoms with Crippen molar-refractivity contribution in [3.8, 4) is 0 Å². The van der Waals surface area contributed by atoms with E-state index < -0.39 is 21.4 Å². The standard InChI is InChI=1S/2C4H9NO3/c2*1-4(2,3)8-5(6)7/h2*1-3H3. The van der Waals surface area contributed by atoms with Crippen LogP contribution in [0.3, 0.4) is 0 Å². The molecule has 0 amide bonds. The van der Waals surface area contributed by atoms with Gasteiger partial charge in [0.15, 0.2) is 0 Å². The van der Waals surface area contributed by atoms with Crippen molar-refractivity contribution in [3.05, 3.63) is 20.2 Å². The molecular formula is C8H18N2O6. The molecular weight excluding hydrogens is 220 g/mol. The third-order valence-corrected chi connectivity index (χ3v) is 0.697. The first-order valence-electron chi connectivity index (χ1n) is 4.50. The van der Waals surface area contributed by atoms with Crippen LogP contribution in [0.1, 0.15) is 41.5 Å². The van der Waals surface area contributed by atoms with E-state index in [1.165, 1.54) is 0 Å². The lowest BCUT2D eigenvalue weighted by molar-refractivity contribution is -0.778. The summed E-state index contributed by atoms with van der Waals surface area (Å²) in [4.78, 5) is 27.5. The molecule has 0 aromatic heterocycles. The maximum atomic E-state index is 9.60. The Morgan fingerprint density at radius 2 is 0.938 bits per heavy atom. The van der Waals surface area contributed by atoms with Gasteiger partial charge in [0.2, 0.25) is 0 Å². The minimum atomic E-state index is -0.792. The molecule has 0 aliphatic rings. The summed E-state index contributed by atoms with van der Waals surface area (Å²) in [6, 6.07) is 0. The van der Waals surface area contributed by atoms with Gasteiger partial charge in [-0.1, -0.05) is 0 Å². The Morgan fingerprint density at radius 3 is 0.938 bits per heavy atom. The van der Waals surface area contributed by atoms with E-state index in [-0.39, 0.29) is 0 Å². The van der Waals surface area contributed by atoms with Crippen molar-refractivity contribution in [2.24, 2.45) is 0 Å². The number of nitrogens with zero attached hydrogens (tertiary/aromatic N) is 2. The van der Waals surface area contributed by atoms with E-state index in [4.69, 9.17) is 0 Å². The average Bonchev–Trinajstić information content (AvgIpc) is 1.72. The summed E-state index contributed by atoms with van der Waals surface area (Å²) in [5, 5.41) is 17.6. The Labute approximate surface area is 93.7 Å². The van der Waals surface area contributed by atoms with Gasteiger partial charge in [-0.3, -0.25) is 0 Å². The summed E-state index contributed by atoms with van der Waals surface area (Å²) in [6.07, 6.45) is 0. The summed E-state index contributed by atoms with van der Waals surface area (Å²) < 4.78 is 0. The first-order chi connectivity index (χ1) is 6.83. The van der Waals surface area contributed by atoms with Crippen molar-refractivity contribution in [2.75, 3.05) is 0 Å². The molecule has 0 aliphatic heterocycles. The van der Waals surface area contributed by atoms with Crippen molar-refractivity contribution < 1.29 is 19.8 Å². The lowest BCUT2D eigenvalue weighted by Gasteiger charge is -2.13. The third kappa shape index (κ3) is 22.8. The normalized spacial score (nSPS) is 10.9. The fourth-order valence-corrected chi connectivity index (χ4v) is 0.447. The average molecular weight is 238 g/mol. The molecule has 0 rings (SSSR count). The van der Waals surface area contributed by atoms with Gasteiger partial charge < -0.3 is 9.68 Å². The predicted molar refractivity (Wildman–Crippen MR) is 55.7 cm³/mol. The largest absolute Gasteiger partial charge is 0.308 e. The van der Waals surface area contributed by atoms with Gasteiger partial charge in [-0.15, -0.1) is 20.2 Å². The van der Waals surface area contributed by atoms with Crippen LogP contribution >= 0.6 is 0 Å². The first-order valence-corrected chi connectivity index (χ1v) is 4.50. The molecule has 0 radical (unpaired) electrons. The van der Waals surface area contributed by atoms with Gasteiger partial charge in [0, 0.05) is 0 Å². The van der Waals surface area contributed by atoms with Crippen LogP contribution in [-0.2, 0) is 9.68 Å². The van der Waals surface area contributed by atoms with Crippen LogP contribution in [0.25, 0.3) is 0 Å². The lowest BCUT2D eigenvalue weighted by atomic mass is 10.2. The van der Waals surface area contributed by atoms with E-state index in [0.29, 0.717) is 0 Å². The zero-order chi connectivity index (χ0) is 13.6. The smallest absolute Gasteiger partial charge is 0.295 e. The molecule has 8 nitrogen and oxygen atoms in total. The van der Waals surface area contributed by atoms with Crippen molar-refractivity contribution in [2.45, 2.75) is 52.7 Å². The van der Waals surface area contributed by atoms with Crippen LogP contribution in [0, 0.1) is 20.2 Å². The van der Waals surface area contributed by atoms with Crippen molar-refractivity contribution >= 4 is 0 Å². The molecule has 0 aliphatic carbocycles. The summed E-state index contributed by atoms with van der Waals surface area (Å²) in [7, 11) is 0. The van der Waals surface area contributed by atoms with E-state index >= 15 is 0 Å². The van der Waals surface area contributed by atoms with Crippen LogP contribution in [0.2, 0.25) is 0 Å². The number of hydrogen-bond acceptors (Lipinski definition) is 6. The molecule has 0 aromatic carbocycles. The molecule has 0 aromatic rings. The second kappa shape index (κ2) is 6.09. The molecule has 0 saturated heterocycles. The van der Waals surface area contributed by atoms with E-state index in [2.05, 4.69) is 9.68 Å². The second-order valence-electron chi connectivity index (χ2n) is 4.85. The zero-order valence-corrected chi connectivity index (χ0v) is 10.3. The second-order valence-corrected chi connectivity index (χ2v) is 4.85. The van der Waals surface area contributed by atoms with E-state index in [9.17, 15) is 20.2 Å². The Balaban J connectivity index is 0. The highest BCUT2D eigenvalue weighted by Gasteiger charge is 2.14. The molecule has 0 N–H and O–H groups in total. The number of rotatable bonds is 2. The Bertz CT molecular complexity index is 214. The van der Waals surface area contributed by atoms with Crippen LogP contribution < -0.4 is 0 Å². The lowest BCUT2D eigenvalue weighted by Crippen LogP contribution is -2.22. The fraction of sp³-hybridized carbons (Fsp3) is 1.00. The van der Waals surface area contributed by atoms with Crippen molar-refractivity contribution in [3.63, 3.8) is 0 Å². The van der Waals surface area contributed by atoms with Crippen LogP contribution in [-0.4, -0.2) is 21.4 Å². The third-order valence-electron chi connectivity index (χ3n) is 0.697. The molecule has 0 spiro atoms. The van der Waals surface area contributed by atoms with Crippen molar-refractivity contribution in [1.82, 2.24) is 0 Å². The molecule has 0 bridgehead atoms. The van der Waals surface area contributed by atoms with Gasteiger partial charge in [0.05, 0.1) is 0 Å². The molecule has 0 heterocycles. The highest BCUT2D eigenvalue weighted by Crippen LogP contribution is 2.05.